The molecule has 0 aromatic carbocycles. The van der Waals surface area contributed by atoms with Crippen molar-refractivity contribution in [1.82, 2.24) is 0 Å². The van der Waals surface area contributed by atoms with Gasteiger partial charge >= 0.3 is 12.8 Å². The zero-order valence-corrected chi connectivity index (χ0v) is 4.42. The van der Waals surface area contributed by atoms with Gasteiger partial charge in [0.05, 0.1) is 14.1 Å². The Morgan fingerprint density at radius 1 is 1.14 bits per heavy atom. The molecule has 0 saturated heterocycles. The van der Waals surface area contributed by atoms with Gasteiger partial charge in [-0.3, -0.25) is 0 Å². The first-order valence-corrected chi connectivity index (χ1v) is 1.88. The molecule has 0 aliphatic rings. The van der Waals surface area contributed by atoms with E-state index in [1.165, 1.54) is 14.1 Å². The number of hydrogen-bond acceptors (Lipinski definition) is 2. The predicted octanol–water partition coefficient (Wildman–Crippen LogP) is -0.624. The average Bonchev–Trinajstić information content (AvgIpc) is 1.68. The number of imide groups is 1. The van der Waals surface area contributed by atoms with Crippen LogP contribution in [0.4, 0.5) is 0 Å². The number of carbonyl (C=O) groups is 2. The summed E-state index contributed by atoms with van der Waals surface area (Å²) in [4.78, 5) is 19.6. The fraction of sp³-hybridized carbons (Fsp3) is 0.500. The summed E-state index contributed by atoms with van der Waals surface area (Å²) < 4.78 is -0.222. The van der Waals surface area contributed by atoms with Gasteiger partial charge in [0, 0.05) is 0 Å². The highest BCUT2D eigenvalue weighted by molar-refractivity contribution is 5.54. The maximum atomic E-state index is 9.80. The fourth-order valence-electron chi connectivity index (χ4n) is 0.0248. The van der Waals surface area contributed by atoms with Crippen molar-refractivity contribution in [3.63, 3.8) is 0 Å². The van der Waals surface area contributed by atoms with Gasteiger partial charge < -0.3 is 0 Å². The number of quaternary nitrogens is 1. The van der Waals surface area contributed by atoms with Crippen LogP contribution in [0.2, 0.25) is 0 Å². The summed E-state index contributed by atoms with van der Waals surface area (Å²) >= 11 is 0. The van der Waals surface area contributed by atoms with E-state index >= 15 is 0 Å². The molecule has 0 aliphatic heterocycles. The lowest BCUT2D eigenvalue weighted by Crippen LogP contribution is -2.35. The van der Waals surface area contributed by atoms with E-state index < -0.39 is 0 Å². The van der Waals surface area contributed by atoms with Crippen LogP contribution in [-0.2, 0) is 9.59 Å². The third kappa shape index (κ3) is 2.05. The topological polar surface area (TPSA) is 34.1 Å². The van der Waals surface area contributed by atoms with Crippen LogP contribution in [0.15, 0.2) is 0 Å². The van der Waals surface area contributed by atoms with E-state index in [1.54, 1.807) is 0 Å². The maximum Gasteiger partial charge on any atom is 0.308 e. The second kappa shape index (κ2) is 1.84. The highest BCUT2D eigenvalue weighted by atomic mass is 16.2. The first-order chi connectivity index (χ1) is 3.12. The summed E-state index contributed by atoms with van der Waals surface area (Å²) in [5.74, 6) is 0. The first kappa shape index (κ1) is 6.30. The molecule has 3 heteroatoms. The first-order valence-electron chi connectivity index (χ1n) is 1.88. The van der Waals surface area contributed by atoms with E-state index in [1.807, 2.05) is 0 Å². The molecule has 0 aliphatic carbocycles. The molecule has 0 spiro atoms. The van der Waals surface area contributed by atoms with E-state index in [-0.39, 0.29) is 4.48 Å². The quantitative estimate of drug-likeness (QED) is 0.344. The standard InChI is InChI=1S/C4H8NO2/c1-5(2,3-6)4-7/h3-4H,1-2H3/q+1. The second-order valence-corrected chi connectivity index (χ2v) is 1.84. The molecular weight excluding hydrogens is 94.0 g/mol. The summed E-state index contributed by atoms with van der Waals surface area (Å²) in [5, 5.41) is 0. The highest BCUT2D eigenvalue weighted by Crippen LogP contribution is 1.78. The molecule has 2 amide bonds. The van der Waals surface area contributed by atoms with Gasteiger partial charge in [0.15, 0.2) is 0 Å². The Bertz CT molecular complexity index is 77.7. The number of amides is 2. The fourth-order valence-corrected chi connectivity index (χ4v) is 0.0248. The molecule has 0 N–H and O–H groups in total. The summed E-state index contributed by atoms with van der Waals surface area (Å²) in [7, 11) is 3.00. The monoisotopic (exact) mass is 102 g/mol. The minimum absolute atomic E-state index is 0.222. The SMILES string of the molecule is C[N+](C)(C=O)C=O. The van der Waals surface area contributed by atoms with Crippen molar-refractivity contribution in [3.8, 4) is 0 Å². The van der Waals surface area contributed by atoms with Crippen LogP contribution in [-0.4, -0.2) is 31.4 Å². The molecule has 0 fully saturated rings. The van der Waals surface area contributed by atoms with Crippen LogP contribution in [0.25, 0.3) is 0 Å². The minimum Gasteiger partial charge on any atom is -0.233 e. The van der Waals surface area contributed by atoms with Crippen molar-refractivity contribution in [2.75, 3.05) is 14.1 Å². The molecule has 0 radical (unpaired) electrons. The molecule has 0 heterocycles. The lowest BCUT2D eigenvalue weighted by molar-refractivity contribution is -0.714. The van der Waals surface area contributed by atoms with Crippen LogP contribution in [0.5, 0.6) is 0 Å². The minimum atomic E-state index is -0.222. The Balaban J connectivity index is 3.82. The van der Waals surface area contributed by atoms with Crippen molar-refractivity contribution in [1.29, 1.82) is 0 Å². The number of carbonyl (C=O) groups excluding carboxylic acids is 2. The van der Waals surface area contributed by atoms with Gasteiger partial charge in [-0.1, -0.05) is 0 Å². The van der Waals surface area contributed by atoms with E-state index in [0.29, 0.717) is 12.8 Å². The number of hydrogen-bond donors (Lipinski definition) is 0. The van der Waals surface area contributed by atoms with Crippen LogP contribution < -0.4 is 0 Å². The van der Waals surface area contributed by atoms with Gasteiger partial charge in [0.25, 0.3) is 0 Å². The largest absolute Gasteiger partial charge is 0.308 e. The zero-order valence-electron chi connectivity index (χ0n) is 4.42. The molecular formula is C4H8NO2+. The van der Waals surface area contributed by atoms with Gasteiger partial charge in [-0.25, -0.2) is 14.1 Å². The Morgan fingerprint density at radius 2 is 1.43 bits per heavy atom. The second-order valence-electron chi connectivity index (χ2n) is 1.84. The van der Waals surface area contributed by atoms with Gasteiger partial charge in [0.2, 0.25) is 0 Å². The molecule has 0 aromatic rings. The van der Waals surface area contributed by atoms with Gasteiger partial charge in [0.1, 0.15) is 0 Å². The number of nitrogens with zero attached hydrogens (tertiary/aromatic N) is 1. The summed E-state index contributed by atoms with van der Waals surface area (Å²) in [6, 6.07) is 0. The Hall–Kier alpha value is -0.700. The van der Waals surface area contributed by atoms with Crippen LogP contribution >= 0.6 is 0 Å². The van der Waals surface area contributed by atoms with Crippen molar-refractivity contribution >= 4 is 12.8 Å². The molecule has 0 rings (SSSR count). The molecule has 0 bridgehead atoms. The molecule has 0 atom stereocenters. The third-order valence-corrected chi connectivity index (χ3v) is 0.543. The van der Waals surface area contributed by atoms with Crippen molar-refractivity contribution in [2.24, 2.45) is 0 Å². The van der Waals surface area contributed by atoms with Gasteiger partial charge in [-0.05, 0) is 0 Å². The Morgan fingerprint density at radius 3 is 1.43 bits per heavy atom. The molecule has 7 heavy (non-hydrogen) atoms. The van der Waals surface area contributed by atoms with E-state index in [9.17, 15) is 9.59 Å². The van der Waals surface area contributed by atoms with Crippen molar-refractivity contribution in [3.05, 3.63) is 0 Å². The average molecular weight is 102 g/mol. The van der Waals surface area contributed by atoms with Crippen LogP contribution in [0, 0.1) is 0 Å². The van der Waals surface area contributed by atoms with Gasteiger partial charge in [-0.2, -0.15) is 0 Å². The predicted molar refractivity (Wildman–Crippen MR) is 24.2 cm³/mol. The van der Waals surface area contributed by atoms with Crippen molar-refractivity contribution in [2.45, 2.75) is 0 Å². The van der Waals surface area contributed by atoms with Crippen LogP contribution in [0.3, 0.4) is 0 Å². The van der Waals surface area contributed by atoms with E-state index in [0.717, 1.165) is 0 Å². The molecule has 0 saturated carbocycles. The zero-order chi connectivity index (χ0) is 5.91. The van der Waals surface area contributed by atoms with Crippen molar-refractivity contribution < 1.29 is 14.1 Å². The Labute approximate surface area is 42.1 Å². The van der Waals surface area contributed by atoms with Crippen LogP contribution in [0.1, 0.15) is 0 Å². The lowest BCUT2D eigenvalue weighted by atomic mass is 10.7. The maximum absolute atomic E-state index is 9.80. The summed E-state index contributed by atoms with van der Waals surface area (Å²) in [5.41, 5.74) is 0. The highest BCUT2D eigenvalue weighted by Gasteiger charge is 2.08. The molecule has 40 valence electrons. The third-order valence-electron chi connectivity index (χ3n) is 0.543. The molecule has 3 nitrogen and oxygen atoms in total. The number of rotatable bonds is 2. The Kier molecular flexibility index (Phi) is 1.66. The normalized spacial score (nSPS) is 10.6. The lowest BCUT2D eigenvalue weighted by Gasteiger charge is -2.08. The molecule has 0 aromatic heterocycles. The van der Waals surface area contributed by atoms with E-state index in [4.69, 9.17) is 0 Å². The summed E-state index contributed by atoms with van der Waals surface area (Å²) in [6.07, 6.45) is 1.12. The molecule has 0 unspecified atom stereocenters. The van der Waals surface area contributed by atoms with Gasteiger partial charge in [-0.15, -0.1) is 0 Å². The smallest absolute Gasteiger partial charge is 0.233 e. The van der Waals surface area contributed by atoms with E-state index in [2.05, 4.69) is 0 Å². The summed E-state index contributed by atoms with van der Waals surface area (Å²) in [6.45, 7) is 0.